The van der Waals surface area contributed by atoms with Gasteiger partial charge in [0.2, 0.25) is 10.0 Å². The molecule has 0 atom stereocenters. The molecule has 0 amide bonds. The number of halogens is 1. The van der Waals surface area contributed by atoms with E-state index in [1.165, 1.54) is 21.5 Å². The van der Waals surface area contributed by atoms with Gasteiger partial charge in [0.25, 0.3) is 5.56 Å². The van der Waals surface area contributed by atoms with Crippen LogP contribution in [0.1, 0.15) is 5.56 Å². The van der Waals surface area contributed by atoms with Gasteiger partial charge in [-0.1, -0.05) is 54.1 Å². The minimum atomic E-state index is -3.65. The van der Waals surface area contributed by atoms with Crippen molar-refractivity contribution in [2.45, 2.75) is 11.4 Å². The standard InChI is InChI=1S/C25H26ClN5O4S/c1-28-23-20(26)21(27-22(23)24(32)29(2)25(28)33)18-8-10-19(11-9-18)36(34,35)31-14-12-30(13-15-31)16-17-6-4-3-5-7-17/h3-11,27H,12-16H2,1-2H3. The van der Waals surface area contributed by atoms with Gasteiger partial charge in [0.15, 0.2) is 0 Å². The Morgan fingerprint density at radius 1 is 0.889 bits per heavy atom. The smallest absolute Gasteiger partial charge is 0.331 e. The van der Waals surface area contributed by atoms with E-state index in [4.69, 9.17) is 11.6 Å². The van der Waals surface area contributed by atoms with Gasteiger partial charge < -0.3 is 4.98 Å². The summed E-state index contributed by atoms with van der Waals surface area (Å²) in [5, 5.41) is 0.229. The highest BCUT2D eigenvalue weighted by atomic mass is 35.5. The largest absolute Gasteiger partial charge is 0.347 e. The summed E-state index contributed by atoms with van der Waals surface area (Å²) in [6.07, 6.45) is 0. The quantitative estimate of drug-likeness (QED) is 0.429. The van der Waals surface area contributed by atoms with Crippen molar-refractivity contribution in [2.24, 2.45) is 14.1 Å². The second kappa shape index (κ2) is 9.36. The van der Waals surface area contributed by atoms with Crippen LogP contribution in [0.3, 0.4) is 0 Å². The average molecular weight is 528 g/mol. The summed E-state index contributed by atoms with van der Waals surface area (Å²) >= 11 is 6.55. The molecule has 9 nitrogen and oxygen atoms in total. The predicted molar refractivity (Wildman–Crippen MR) is 140 cm³/mol. The SMILES string of the molecule is Cn1c(=O)c2[nH]c(-c3ccc(S(=O)(=O)N4CCN(Cc5ccccc5)CC4)cc3)c(Cl)c2n(C)c1=O. The summed E-state index contributed by atoms with van der Waals surface area (Å²) in [5.74, 6) is 0. The van der Waals surface area contributed by atoms with Crippen molar-refractivity contribution in [3.05, 3.63) is 86.0 Å². The average Bonchev–Trinajstić information content (AvgIpc) is 3.24. The Bertz CT molecular complexity index is 1650. The number of rotatable bonds is 5. The van der Waals surface area contributed by atoms with Crippen LogP contribution in [0.25, 0.3) is 22.3 Å². The number of fused-ring (bicyclic) bond motifs is 1. The maximum atomic E-state index is 13.3. The zero-order valence-corrected chi connectivity index (χ0v) is 21.5. The Labute approximate surface area is 213 Å². The first-order chi connectivity index (χ1) is 17.2. The van der Waals surface area contributed by atoms with Gasteiger partial charge in [0.05, 0.1) is 21.1 Å². The number of aromatic nitrogens is 3. The molecule has 1 aliphatic rings. The zero-order valence-electron chi connectivity index (χ0n) is 19.9. The highest BCUT2D eigenvalue weighted by molar-refractivity contribution is 7.89. The molecule has 36 heavy (non-hydrogen) atoms. The van der Waals surface area contributed by atoms with E-state index in [9.17, 15) is 18.0 Å². The van der Waals surface area contributed by atoms with Crippen LogP contribution in [0.4, 0.5) is 0 Å². The molecule has 1 fully saturated rings. The molecule has 2 aromatic carbocycles. The highest BCUT2D eigenvalue weighted by Crippen LogP contribution is 2.33. The molecule has 4 aromatic rings. The van der Waals surface area contributed by atoms with Crippen LogP contribution in [0.2, 0.25) is 5.02 Å². The van der Waals surface area contributed by atoms with Gasteiger partial charge in [-0.15, -0.1) is 0 Å². The lowest BCUT2D eigenvalue weighted by Crippen LogP contribution is -2.48. The molecule has 2 aromatic heterocycles. The first kappa shape index (κ1) is 24.5. The topological polar surface area (TPSA) is 100 Å². The van der Waals surface area contributed by atoms with Crippen molar-refractivity contribution < 1.29 is 8.42 Å². The van der Waals surface area contributed by atoms with Crippen molar-refractivity contribution in [3.8, 4) is 11.3 Å². The van der Waals surface area contributed by atoms with Gasteiger partial charge in [-0.2, -0.15) is 4.31 Å². The normalized spacial score (nSPS) is 15.5. The molecule has 5 rings (SSSR count). The molecule has 0 aliphatic carbocycles. The van der Waals surface area contributed by atoms with Crippen molar-refractivity contribution in [1.29, 1.82) is 0 Å². The first-order valence-corrected chi connectivity index (χ1v) is 13.3. The molecule has 11 heteroatoms. The van der Waals surface area contributed by atoms with E-state index in [0.717, 1.165) is 11.1 Å². The third-order valence-corrected chi connectivity index (χ3v) is 8.98. The second-order valence-corrected chi connectivity index (χ2v) is 11.2. The first-order valence-electron chi connectivity index (χ1n) is 11.5. The molecule has 0 saturated carbocycles. The van der Waals surface area contributed by atoms with E-state index in [1.807, 2.05) is 18.2 Å². The van der Waals surface area contributed by atoms with E-state index < -0.39 is 21.3 Å². The molecule has 1 aliphatic heterocycles. The number of hydrogen-bond donors (Lipinski definition) is 1. The summed E-state index contributed by atoms with van der Waals surface area (Å²) < 4.78 is 30.4. The van der Waals surface area contributed by atoms with E-state index in [2.05, 4.69) is 22.0 Å². The van der Waals surface area contributed by atoms with Crippen LogP contribution in [-0.2, 0) is 30.7 Å². The van der Waals surface area contributed by atoms with Crippen molar-refractivity contribution in [2.75, 3.05) is 26.2 Å². The van der Waals surface area contributed by atoms with Crippen LogP contribution >= 0.6 is 11.6 Å². The van der Waals surface area contributed by atoms with Gasteiger partial charge in [0, 0.05) is 46.8 Å². The Hall–Kier alpha value is -3.18. The molecular formula is C25H26ClN5O4S. The number of piperazine rings is 1. The number of hydrogen-bond acceptors (Lipinski definition) is 5. The Morgan fingerprint density at radius 2 is 1.53 bits per heavy atom. The fraction of sp³-hybridized carbons (Fsp3) is 0.280. The number of aromatic amines is 1. The lowest BCUT2D eigenvalue weighted by molar-refractivity contribution is 0.181. The summed E-state index contributed by atoms with van der Waals surface area (Å²) in [6, 6.07) is 16.5. The van der Waals surface area contributed by atoms with E-state index in [1.54, 1.807) is 31.3 Å². The Kier molecular flexibility index (Phi) is 6.37. The minimum absolute atomic E-state index is 0.193. The van der Waals surface area contributed by atoms with Gasteiger partial charge in [-0.3, -0.25) is 18.8 Å². The molecule has 0 bridgehead atoms. The Morgan fingerprint density at radius 3 is 2.17 bits per heavy atom. The highest BCUT2D eigenvalue weighted by Gasteiger charge is 2.28. The molecule has 0 radical (unpaired) electrons. The van der Waals surface area contributed by atoms with Crippen LogP contribution in [0, 0.1) is 0 Å². The number of aryl methyl sites for hydroxylation is 1. The number of sulfonamides is 1. The van der Waals surface area contributed by atoms with Gasteiger partial charge in [0.1, 0.15) is 5.52 Å². The molecule has 0 spiro atoms. The van der Waals surface area contributed by atoms with Gasteiger partial charge in [-0.05, 0) is 23.3 Å². The van der Waals surface area contributed by atoms with E-state index in [-0.39, 0.29) is 15.4 Å². The third-order valence-electron chi connectivity index (χ3n) is 6.70. The van der Waals surface area contributed by atoms with Crippen LogP contribution in [0.5, 0.6) is 0 Å². The number of nitrogens with one attached hydrogen (secondary N) is 1. The van der Waals surface area contributed by atoms with Gasteiger partial charge >= 0.3 is 5.69 Å². The monoisotopic (exact) mass is 527 g/mol. The lowest BCUT2D eigenvalue weighted by atomic mass is 10.1. The molecule has 0 unspecified atom stereocenters. The summed E-state index contributed by atoms with van der Waals surface area (Å²) in [5.41, 5.74) is 1.82. The number of H-pyrrole nitrogens is 1. The fourth-order valence-corrected chi connectivity index (χ4v) is 6.42. The molecule has 1 saturated heterocycles. The predicted octanol–water partition coefficient (Wildman–Crippen LogP) is 2.39. The maximum absolute atomic E-state index is 13.3. The lowest BCUT2D eigenvalue weighted by Gasteiger charge is -2.34. The summed E-state index contributed by atoms with van der Waals surface area (Å²) in [7, 11) is -0.705. The van der Waals surface area contributed by atoms with Crippen molar-refractivity contribution >= 4 is 32.7 Å². The second-order valence-electron chi connectivity index (χ2n) is 8.93. The van der Waals surface area contributed by atoms with Crippen LogP contribution < -0.4 is 11.2 Å². The van der Waals surface area contributed by atoms with Crippen LogP contribution in [-0.4, -0.2) is 57.9 Å². The zero-order chi connectivity index (χ0) is 25.6. The van der Waals surface area contributed by atoms with Crippen LogP contribution in [0.15, 0.2) is 69.1 Å². The molecular weight excluding hydrogens is 502 g/mol. The summed E-state index contributed by atoms with van der Waals surface area (Å²) in [4.78, 5) is 30.3. The molecule has 188 valence electrons. The maximum Gasteiger partial charge on any atom is 0.331 e. The van der Waals surface area contributed by atoms with Gasteiger partial charge in [-0.25, -0.2) is 13.2 Å². The molecule has 1 N–H and O–H groups in total. The third kappa shape index (κ3) is 4.20. The van der Waals surface area contributed by atoms with Crippen molar-refractivity contribution in [1.82, 2.24) is 23.3 Å². The minimum Gasteiger partial charge on any atom is -0.347 e. The Balaban J connectivity index is 1.36. The van der Waals surface area contributed by atoms with Crippen molar-refractivity contribution in [3.63, 3.8) is 0 Å². The van der Waals surface area contributed by atoms with E-state index >= 15 is 0 Å². The van der Waals surface area contributed by atoms with E-state index in [0.29, 0.717) is 43.0 Å². The molecule has 3 heterocycles. The summed E-state index contributed by atoms with van der Waals surface area (Å²) in [6.45, 7) is 2.95. The number of benzene rings is 2. The fourth-order valence-electron chi connectivity index (χ4n) is 4.62. The number of nitrogens with zero attached hydrogens (tertiary/aromatic N) is 4.